The summed E-state index contributed by atoms with van der Waals surface area (Å²) in [4.78, 5) is 4.47. The van der Waals surface area contributed by atoms with Gasteiger partial charge in [0.25, 0.3) is 0 Å². The van der Waals surface area contributed by atoms with Gasteiger partial charge in [0.15, 0.2) is 15.8 Å². The number of fused-ring (bicyclic) bond motifs is 2. The number of ether oxygens (including phenoxy) is 2. The number of hydrogen-bond acceptors (Lipinski definition) is 7. The molecule has 3 aromatic rings. The molecular formula is C16H14N2O4S3. The van der Waals surface area contributed by atoms with Crippen LogP contribution in [0, 0.1) is 6.92 Å². The number of thioether (sulfide) groups is 1. The van der Waals surface area contributed by atoms with Gasteiger partial charge in [-0.25, -0.2) is 13.4 Å². The average Bonchev–Trinajstić information content (AvgIpc) is 3.15. The Morgan fingerprint density at radius 3 is 2.84 bits per heavy atom. The van der Waals surface area contributed by atoms with Crippen molar-refractivity contribution >= 4 is 49.0 Å². The molecule has 0 atom stereocenters. The van der Waals surface area contributed by atoms with Crippen molar-refractivity contribution in [1.82, 2.24) is 4.98 Å². The fourth-order valence-electron chi connectivity index (χ4n) is 2.40. The summed E-state index contributed by atoms with van der Waals surface area (Å²) >= 11 is 2.63. The van der Waals surface area contributed by atoms with Crippen LogP contribution in [-0.2, 0) is 10.0 Å². The van der Waals surface area contributed by atoms with Crippen molar-refractivity contribution in [2.24, 2.45) is 0 Å². The largest absolute Gasteiger partial charge is 0.454 e. The summed E-state index contributed by atoms with van der Waals surface area (Å²) < 4.78 is 39.4. The maximum Gasteiger partial charge on any atom is 0.242 e. The number of nitrogens with zero attached hydrogens (tertiary/aromatic N) is 1. The first-order valence-corrected chi connectivity index (χ1v) is 10.8. The molecular weight excluding hydrogens is 380 g/mol. The Hall–Kier alpha value is -1.97. The van der Waals surface area contributed by atoms with Gasteiger partial charge in [-0.05, 0) is 24.6 Å². The molecule has 0 saturated heterocycles. The summed E-state index contributed by atoms with van der Waals surface area (Å²) in [5, 5.41) is -0.104. The number of rotatable bonds is 5. The SMILES string of the molecule is Cc1cccc(NS(=O)(=O)CSc2nc3cc4c(cc3s2)OCO4)c1. The van der Waals surface area contributed by atoms with Gasteiger partial charge in [-0.2, -0.15) is 0 Å². The van der Waals surface area contributed by atoms with E-state index in [0.717, 1.165) is 15.8 Å². The number of sulfonamides is 1. The number of hydrogen-bond donors (Lipinski definition) is 1. The molecule has 0 bridgehead atoms. The van der Waals surface area contributed by atoms with Gasteiger partial charge in [-0.15, -0.1) is 11.3 Å². The standard InChI is InChI=1S/C16H14N2O4S3/c1-10-3-2-4-11(5-10)18-25(19,20)9-23-16-17-12-6-13-14(22-8-21-13)7-15(12)24-16/h2-7,18H,8-9H2,1H3. The third-order valence-corrected chi connectivity index (χ3v) is 7.51. The first-order valence-electron chi connectivity index (χ1n) is 7.39. The molecule has 2 heterocycles. The van der Waals surface area contributed by atoms with Crippen molar-refractivity contribution in [3.63, 3.8) is 0 Å². The highest BCUT2D eigenvalue weighted by Crippen LogP contribution is 2.39. The molecule has 130 valence electrons. The minimum absolute atomic E-state index is 0.104. The molecule has 9 heteroatoms. The molecule has 0 radical (unpaired) electrons. The highest BCUT2D eigenvalue weighted by molar-refractivity contribution is 8.13. The van der Waals surface area contributed by atoms with Gasteiger partial charge in [-0.1, -0.05) is 23.9 Å². The minimum Gasteiger partial charge on any atom is -0.454 e. The van der Waals surface area contributed by atoms with E-state index in [1.54, 1.807) is 12.1 Å². The summed E-state index contributed by atoms with van der Waals surface area (Å²) in [7, 11) is -3.47. The molecule has 1 aliphatic heterocycles. The summed E-state index contributed by atoms with van der Waals surface area (Å²) in [5.41, 5.74) is 2.34. The van der Waals surface area contributed by atoms with E-state index in [2.05, 4.69) is 9.71 Å². The second kappa shape index (κ2) is 6.40. The lowest BCUT2D eigenvalue weighted by atomic mass is 10.2. The lowest BCUT2D eigenvalue weighted by molar-refractivity contribution is 0.174. The molecule has 0 amide bonds. The Bertz CT molecular complexity index is 1010. The first-order chi connectivity index (χ1) is 12.0. The molecule has 25 heavy (non-hydrogen) atoms. The molecule has 6 nitrogen and oxygen atoms in total. The van der Waals surface area contributed by atoms with Crippen LogP contribution in [0.1, 0.15) is 5.56 Å². The molecule has 0 spiro atoms. The molecule has 1 N–H and O–H groups in total. The van der Waals surface area contributed by atoms with E-state index in [-0.39, 0.29) is 11.9 Å². The van der Waals surface area contributed by atoms with Crippen LogP contribution < -0.4 is 14.2 Å². The minimum atomic E-state index is -3.47. The predicted molar refractivity (Wildman–Crippen MR) is 100 cm³/mol. The van der Waals surface area contributed by atoms with Crippen molar-refractivity contribution in [2.45, 2.75) is 11.3 Å². The topological polar surface area (TPSA) is 77.5 Å². The van der Waals surface area contributed by atoms with Crippen molar-refractivity contribution in [2.75, 3.05) is 16.6 Å². The smallest absolute Gasteiger partial charge is 0.242 e. The van der Waals surface area contributed by atoms with E-state index in [9.17, 15) is 8.42 Å². The summed E-state index contributed by atoms with van der Waals surface area (Å²) in [5.74, 6) is 1.37. The number of anilines is 1. The van der Waals surface area contributed by atoms with Crippen LogP contribution in [0.25, 0.3) is 10.2 Å². The summed E-state index contributed by atoms with van der Waals surface area (Å²) in [6, 6.07) is 10.9. The predicted octanol–water partition coefficient (Wildman–Crippen LogP) is 3.82. The third kappa shape index (κ3) is 3.68. The maximum atomic E-state index is 12.3. The van der Waals surface area contributed by atoms with Gasteiger partial charge in [-0.3, -0.25) is 4.72 Å². The van der Waals surface area contributed by atoms with Crippen LogP contribution in [0.15, 0.2) is 40.7 Å². The Morgan fingerprint density at radius 2 is 2.04 bits per heavy atom. The van der Waals surface area contributed by atoms with Crippen LogP contribution in [-0.4, -0.2) is 25.3 Å². The van der Waals surface area contributed by atoms with Crippen molar-refractivity contribution in [3.05, 3.63) is 42.0 Å². The van der Waals surface area contributed by atoms with E-state index < -0.39 is 10.0 Å². The molecule has 0 unspecified atom stereocenters. The number of nitrogens with one attached hydrogen (secondary N) is 1. The van der Waals surface area contributed by atoms with E-state index in [1.807, 2.05) is 31.2 Å². The zero-order valence-electron chi connectivity index (χ0n) is 13.2. The van der Waals surface area contributed by atoms with Gasteiger partial charge in [0.1, 0.15) is 5.08 Å². The molecule has 4 rings (SSSR count). The molecule has 2 aromatic carbocycles. The van der Waals surface area contributed by atoms with Crippen LogP contribution in [0.2, 0.25) is 0 Å². The lowest BCUT2D eigenvalue weighted by Crippen LogP contribution is -2.14. The second-order valence-corrected chi connectivity index (χ2v) is 9.84. The van der Waals surface area contributed by atoms with E-state index >= 15 is 0 Å². The quantitative estimate of drug-likeness (QED) is 0.663. The Kier molecular flexibility index (Phi) is 4.22. The van der Waals surface area contributed by atoms with Crippen LogP contribution >= 0.6 is 23.1 Å². The second-order valence-electron chi connectivity index (χ2n) is 5.50. The Balaban J connectivity index is 1.48. The van der Waals surface area contributed by atoms with Crippen LogP contribution in [0.4, 0.5) is 5.69 Å². The van der Waals surface area contributed by atoms with Crippen LogP contribution in [0.3, 0.4) is 0 Å². The molecule has 0 fully saturated rings. The highest BCUT2D eigenvalue weighted by Gasteiger charge is 2.18. The Labute approximate surface area is 153 Å². The maximum absolute atomic E-state index is 12.3. The summed E-state index contributed by atoms with van der Waals surface area (Å²) in [6.07, 6.45) is 0. The number of aryl methyl sites for hydroxylation is 1. The van der Waals surface area contributed by atoms with Gasteiger partial charge < -0.3 is 9.47 Å². The van der Waals surface area contributed by atoms with Gasteiger partial charge in [0.2, 0.25) is 16.8 Å². The zero-order valence-corrected chi connectivity index (χ0v) is 15.6. The van der Waals surface area contributed by atoms with Gasteiger partial charge >= 0.3 is 0 Å². The fourth-order valence-corrected chi connectivity index (χ4v) is 5.96. The normalized spacial score (nSPS) is 13.3. The molecule has 1 aliphatic rings. The van der Waals surface area contributed by atoms with Gasteiger partial charge in [0.05, 0.1) is 10.2 Å². The molecule has 1 aromatic heterocycles. The number of thiazole rings is 1. The monoisotopic (exact) mass is 394 g/mol. The molecule has 0 saturated carbocycles. The van der Waals surface area contributed by atoms with Gasteiger partial charge in [0, 0.05) is 17.8 Å². The average molecular weight is 394 g/mol. The lowest BCUT2D eigenvalue weighted by Gasteiger charge is -2.07. The fraction of sp³-hybridized carbons (Fsp3) is 0.188. The molecule has 0 aliphatic carbocycles. The summed E-state index contributed by atoms with van der Waals surface area (Å²) in [6.45, 7) is 2.13. The van der Waals surface area contributed by atoms with Crippen LogP contribution in [0.5, 0.6) is 11.5 Å². The first kappa shape index (κ1) is 16.5. The van der Waals surface area contributed by atoms with E-state index in [4.69, 9.17) is 9.47 Å². The third-order valence-electron chi connectivity index (χ3n) is 3.49. The number of aromatic nitrogens is 1. The zero-order chi connectivity index (χ0) is 17.4. The van der Waals surface area contributed by atoms with E-state index in [1.165, 1.54) is 23.1 Å². The van der Waals surface area contributed by atoms with Crippen molar-refractivity contribution in [1.29, 1.82) is 0 Å². The highest BCUT2D eigenvalue weighted by atomic mass is 32.3. The number of benzene rings is 2. The van der Waals surface area contributed by atoms with E-state index in [0.29, 0.717) is 21.5 Å². The van der Waals surface area contributed by atoms with Crippen molar-refractivity contribution < 1.29 is 17.9 Å². The van der Waals surface area contributed by atoms with Crippen molar-refractivity contribution in [3.8, 4) is 11.5 Å². The Morgan fingerprint density at radius 1 is 1.24 bits per heavy atom.